The number of hydrogen-bond donors (Lipinski definition) is 0. The first-order chi connectivity index (χ1) is 5.99. The van der Waals surface area contributed by atoms with Crippen LogP contribution in [0.2, 0.25) is 0 Å². The van der Waals surface area contributed by atoms with Gasteiger partial charge in [0.25, 0.3) is 0 Å². The Morgan fingerprint density at radius 2 is 1.85 bits per heavy atom. The summed E-state index contributed by atoms with van der Waals surface area (Å²) in [6, 6.07) is 0. The van der Waals surface area contributed by atoms with Crippen LogP contribution in [0, 0.1) is 6.20 Å². The van der Waals surface area contributed by atoms with Gasteiger partial charge in [0.05, 0.1) is 18.0 Å². The molecule has 13 heavy (non-hydrogen) atoms. The first-order valence-electron chi connectivity index (χ1n) is 4.58. The van der Waals surface area contributed by atoms with Crippen LogP contribution in [0.5, 0.6) is 0 Å². The largest absolute Gasteiger partial charge is 0.377 e. The van der Waals surface area contributed by atoms with Gasteiger partial charge in [-0.15, -0.1) is 0 Å². The molecule has 0 saturated carbocycles. The van der Waals surface area contributed by atoms with Crippen LogP contribution < -0.4 is 0 Å². The summed E-state index contributed by atoms with van der Waals surface area (Å²) in [4.78, 5) is 3.94. The van der Waals surface area contributed by atoms with Crippen molar-refractivity contribution in [3.63, 3.8) is 0 Å². The molecule has 0 aromatic heterocycles. The van der Waals surface area contributed by atoms with Crippen molar-refractivity contribution >= 4 is 0 Å². The van der Waals surface area contributed by atoms with Gasteiger partial charge in [0.2, 0.25) is 0 Å². The summed E-state index contributed by atoms with van der Waals surface area (Å²) in [5.74, 6) is 0. The minimum absolute atomic E-state index is 0.0994. The summed E-state index contributed by atoms with van der Waals surface area (Å²) < 4.78 is 5.50. The first-order valence-corrected chi connectivity index (χ1v) is 4.58. The van der Waals surface area contributed by atoms with Crippen molar-refractivity contribution in [2.45, 2.75) is 20.0 Å². The van der Waals surface area contributed by atoms with Gasteiger partial charge in [0.15, 0.2) is 0 Å². The molecule has 0 rings (SSSR count). The van der Waals surface area contributed by atoms with Gasteiger partial charge in [-0.2, -0.15) is 0 Å². The molecule has 0 heterocycles. The molecular weight excluding hydrogens is 164 g/mol. The molecule has 0 N–H and O–H groups in total. The highest BCUT2D eigenvalue weighted by molar-refractivity contribution is 4.99. The van der Waals surface area contributed by atoms with E-state index in [4.69, 9.17) is 4.74 Å². The van der Waals surface area contributed by atoms with Crippen molar-refractivity contribution in [3.8, 4) is 0 Å². The van der Waals surface area contributed by atoms with Crippen LogP contribution in [0.4, 0.5) is 0 Å². The molecule has 0 aliphatic heterocycles. The van der Waals surface area contributed by atoms with Crippen molar-refractivity contribution < 1.29 is 4.74 Å². The molecule has 3 heteroatoms. The lowest BCUT2D eigenvalue weighted by atomic mass is 10.3. The van der Waals surface area contributed by atoms with Crippen molar-refractivity contribution in [2.24, 2.45) is 0 Å². The first kappa shape index (κ1) is 12.3. The zero-order chi connectivity index (χ0) is 10.4. The van der Waals surface area contributed by atoms with E-state index in [1.807, 2.05) is 51.8 Å². The van der Waals surface area contributed by atoms with Gasteiger partial charge < -0.3 is 14.5 Å². The quantitative estimate of drug-likeness (QED) is 0.598. The lowest BCUT2D eigenvalue weighted by molar-refractivity contribution is 0.0825. The second kappa shape index (κ2) is 5.86. The van der Waals surface area contributed by atoms with Gasteiger partial charge in [-0.05, 0) is 13.8 Å². The van der Waals surface area contributed by atoms with Crippen LogP contribution in [-0.4, -0.2) is 50.7 Å². The molecule has 1 unspecified atom stereocenters. The Kier molecular flexibility index (Phi) is 5.55. The van der Waals surface area contributed by atoms with Crippen LogP contribution in [0.1, 0.15) is 13.8 Å². The van der Waals surface area contributed by atoms with Crippen molar-refractivity contribution in [2.75, 3.05) is 34.8 Å². The third kappa shape index (κ3) is 4.78. The van der Waals surface area contributed by atoms with Crippen molar-refractivity contribution in [3.05, 3.63) is 11.9 Å². The van der Waals surface area contributed by atoms with Crippen molar-refractivity contribution in [1.82, 2.24) is 9.80 Å². The third-order valence-corrected chi connectivity index (χ3v) is 1.62. The average Bonchev–Trinajstić information content (AvgIpc) is 1.99. The highest BCUT2D eigenvalue weighted by atomic mass is 16.5. The van der Waals surface area contributed by atoms with Gasteiger partial charge in [-0.1, -0.05) is 0 Å². The minimum Gasteiger partial charge on any atom is -0.377 e. The summed E-state index contributed by atoms with van der Waals surface area (Å²) >= 11 is 0. The molecule has 0 aromatic rings. The molecule has 0 bridgehead atoms. The third-order valence-electron chi connectivity index (χ3n) is 1.62. The Balaban J connectivity index is 4.41. The summed E-state index contributed by atoms with van der Waals surface area (Å²) in [5, 5.41) is 0. The predicted octanol–water partition coefficient (Wildman–Crippen LogP) is 1.18. The number of ether oxygens (including phenoxy) is 1. The second-order valence-electron chi connectivity index (χ2n) is 3.38. The number of likely N-dealkylation sites (N-methyl/N-ethyl adjacent to an activating group) is 1. The van der Waals surface area contributed by atoms with E-state index >= 15 is 0 Å². The molecule has 0 aromatic carbocycles. The van der Waals surface area contributed by atoms with Crippen LogP contribution in [-0.2, 0) is 4.74 Å². The van der Waals surface area contributed by atoms with E-state index in [1.165, 1.54) is 0 Å². The van der Waals surface area contributed by atoms with E-state index in [0.29, 0.717) is 0 Å². The Labute approximate surface area is 82.0 Å². The SMILES string of the molecule is CCOC(C)/C(=[C]\N(C)C)N(C)C. The number of rotatable bonds is 5. The van der Waals surface area contributed by atoms with Crippen LogP contribution >= 0.6 is 0 Å². The second-order valence-corrected chi connectivity index (χ2v) is 3.38. The maximum Gasteiger partial charge on any atom is 0.0964 e. The van der Waals surface area contributed by atoms with E-state index in [-0.39, 0.29) is 6.10 Å². The van der Waals surface area contributed by atoms with Crippen LogP contribution in [0.3, 0.4) is 0 Å². The lowest BCUT2D eigenvalue weighted by Crippen LogP contribution is -2.26. The summed E-state index contributed by atoms with van der Waals surface area (Å²) in [7, 11) is 7.92. The normalized spacial score (nSPS) is 14.2. The highest BCUT2D eigenvalue weighted by Crippen LogP contribution is 2.08. The van der Waals surface area contributed by atoms with Gasteiger partial charge in [-0.3, -0.25) is 0 Å². The smallest absolute Gasteiger partial charge is 0.0964 e. The van der Waals surface area contributed by atoms with Gasteiger partial charge in [0.1, 0.15) is 0 Å². The molecule has 1 atom stereocenters. The molecule has 0 aliphatic rings. The Morgan fingerprint density at radius 3 is 2.15 bits per heavy atom. The number of nitrogens with zero attached hydrogens (tertiary/aromatic N) is 2. The highest BCUT2D eigenvalue weighted by Gasteiger charge is 2.11. The van der Waals surface area contributed by atoms with E-state index in [9.17, 15) is 0 Å². The van der Waals surface area contributed by atoms with Crippen LogP contribution in [0.25, 0.3) is 0 Å². The molecule has 77 valence electrons. The molecule has 0 aliphatic carbocycles. The van der Waals surface area contributed by atoms with Crippen LogP contribution in [0.15, 0.2) is 5.70 Å². The topological polar surface area (TPSA) is 15.7 Å². The van der Waals surface area contributed by atoms with E-state index in [1.54, 1.807) is 0 Å². The molecule has 3 nitrogen and oxygen atoms in total. The maximum atomic E-state index is 5.50. The summed E-state index contributed by atoms with van der Waals surface area (Å²) in [6.07, 6.45) is 3.31. The molecule has 1 radical (unpaired) electrons. The Bertz CT molecular complexity index is 164. The predicted molar refractivity (Wildman–Crippen MR) is 55.2 cm³/mol. The molecule has 0 saturated heterocycles. The van der Waals surface area contributed by atoms with Gasteiger partial charge in [0, 0.05) is 34.8 Å². The van der Waals surface area contributed by atoms with Gasteiger partial charge in [-0.25, -0.2) is 0 Å². The van der Waals surface area contributed by atoms with E-state index in [2.05, 4.69) is 6.20 Å². The standard InChI is InChI=1S/C10H21N2O/c1-7-13-9(2)10(12(5)6)8-11(3)4/h9H,7H2,1-6H3. The lowest BCUT2D eigenvalue weighted by Gasteiger charge is -2.24. The van der Waals surface area contributed by atoms with E-state index < -0.39 is 0 Å². The molecule has 0 spiro atoms. The summed E-state index contributed by atoms with van der Waals surface area (Å²) in [6.45, 7) is 4.77. The molecular formula is C10H21N2O. The monoisotopic (exact) mass is 185 g/mol. The number of hydrogen-bond acceptors (Lipinski definition) is 3. The fraction of sp³-hybridized carbons (Fsp3) is 0.800. The average molecular weight is 185 g/mol. The minimum atomic E-state index is 0.0994. The Hall–Kier alpha value is -0.700. The molecule has 0 amide bonds. The van der Waals surface area contributed by atoms with Crippen molar-refractivity contribution in [1.29, 1.82) is 0 Å². The zero-order valence-corrected chi connectivity index (χ0v) is 9.59. The Morgan fingerprint density at radius 1 is 1.31 bits per heavy atom. The molecule has 0 fully saturated rings. The fourth-order valence-corrected chi connectivity index (χ4v) is 1.11. The summed E-state index contributed by atoms with van der Waals surface area (Å²) in [5.41, 5.74) is 1.06. The zero-order valence-electron chi connectivity index (χ0n) is 9.59. The maximum absolute atomic E-state index is 5.50. The fourth-order valence-electron chi connectivity index (χ4n) is 1.11. The van der Waals surface area contributed by atoms with E-state index in [0.717, 1.165) is 12.3 Å². The van der Waals surface area contributed by atoms with Gasteiger partial charge >= 0.3 is 0 Å².